The van der Waals surface area contributed by atoms with Crippen LogP contribution in [0.1, 0.15) is 60.7 Å². The number of aromatic nitrogens is 2. The van der Waals surface area contributed by atoms with Crippen LogP contribution in [0.2, 0.25) is 0 Å². The highest BCUT2D eigenvalue weighted by Crippen LogP contribution is 2.55. The first kappa shape index (κ1) is 22.3. The van der Waals surface area contributed by atoms with Crippen molar-refractivity contribution in [3.63, 3.8) is 0 Å². The molecule has 1 fully saturated rings. The van der Waals surface area contributed by atoms with Gasteiger partial charge >= 0.3 is 0 Å². The van der Waals surface area contributed by atoms with Crippen LogP contribution in [-0.4, -0.2) is 16.0 Å². The molecule has 2 aliphatic carbocycles. The third-order valence-corrected chi connectivity index (χ3v) is 6.73. The fourth-order valence-corrected chi connectivity index (χ4v) is 4.82. The molecular formula is C30H30FN3. The van der Waals surface area contributed by atoms with Gasteiger partial charge in [-0.2, -0.15) is 0 Å². The zero-order valence-corrected chi connectivity index (χ0v) is 20.2. The minimum atomic E-state index is -0.373. The highest BCUT2D eigenvalue weighted by atomic mass is 19.1. The van der Waals surface area contributed by atoms with E-state index in [9.17, 15) is 4.39 Å². The Balaban J connectivity index is 1.30. The molecule has 2 aliphatic rings. The van der Waals surface area contributed by atoms with Crippen LogP contribution in [0, 0.1) is 37.4 Å². The van der Waals surface area contributed by atoms with E-state index in [1.54, 1.807) is 6.20 Å². The zero-order valence-electron chi connectivity index (χ0n) is 20.2. The van der Waals surface area contributed by atoms with Gasteiger partial charge in [-0.25, -0.2) is 14.4 Å². The van der Waals surface area contributed by atoms with Crippen LogP contribution in [0.15, 0.2) is 54.2 Å². The Morgan fingerprint density at radius 1 is 1.09 bits per heavy atom. The number of nitrogens with one attached hydrogen (secondary N) is 1. The summed E-state index contributed by atoms with van der Waals surface area (Å²) in [6.45, 7) is 8.48. The molecule has 5 rings (SSSR count). The third-order valence-electron chi connectivity index (χ3n) is 6.73. The van der Waals surface area contributed by atoms with E-state index in [-0.39, 0.29) is 11.5 Å². The topological polar surface area (TPSA) is 37.8 Å². The SMILES string of the molecule is Cc1ccc(-c2cnc(C#CCC3=CCc4c(C)cc(NC(C)C)nc4C4CC34)c(F)c2)cc1. The number of pyridine rings is 2. The fraction of sp³-hybridized carbons (Fsp3) is 0.333. The van der Waals surface area contributed by atoms with Crippen molar-refractivity contribution in [2.75, 3.05) is 5.32 Å². The summed E-state index contributed by atoms with van der Waals surface area (Å²) in [5.74, 6) is 7.73. The molecule has 3 aromatic rings. The van der Waals surface area contributed by atoms with Crippen LogP contribution in [0.25, 0.3) is 11.1 Å². The van der Waals surface area contributed by atoms with Gasteiger partial charge in [0, 0.05) is 30.1 Å². The molecule has 1 saturated carbocycles. The maximum Gasteiger partial charge on any atom is 0.158 e. The number of halogens is 1. The number of allylic oxidation sites excluding steroid dienone is 2. The first-order chi connectivity index (χ1) is 16.4. The monoisotopic (exact) mass is 451 g/mol. The lowest BCUT2D eigenvalue weighted by Gasteiger charge is -2.15. The van der Waals surface area contributed by atoms with E-state index in [0.29, 0.717) is 24.3 Å². The molecule has 2 atom stereocenters. The second-order valence-corrected chi connectivity index (χ2v) is 9.82. The van der Waals surface area contributed by atoms with E-state index in [1.807, 2.05) is 31.2 Å². The van der Waals surface area contributed by atoms with Gasteiger partial charge in [0.25, 0.3) is 0 Å². The van der Waals surface area contributed by atoms with Crippen molar-refractivity contribution in [1.29, 1.82) is 0 Å². The maximum atomic E-state index is 14.7. The summed E-state index contributed by atoms with van der Waals surface area (Å²) >= 11 is 0. The summed E-state index contributed by atoms with van der Waals surface area (Å²) in [5.41, 5.74) is 8.34. The lowest BCUT2D eigenvalue weighted by atomic mass is 10.0. The molecule has 3 nitrogen and oxygen atoms in total. The summed E-state index contributed by atoms with van der Waals surface area (Å²) in [4.78, 5) is 9.27. The standard InChI is InChI=1S/C30H30FN3/c1-18(2)33-29-14-20(4)24-13-12-22(25-16-26(25)30(24)34-29)6-5-7-28-27(31)15-23(17-32-28)21-10-8-19(3)9-11-21/h8-12,14-15,17-18,25-26H,6,13,16H2,1-4H3,(H,33,34). The number of hydrogen-bond donors (Lipinski definition) is 1. The Labute approximate surface area is 201 Å². The maximum absolute atomic E-state index is 14.7. The molecule has 0 bridgehead atoms. The summed E-state index contributed by atoms with van der Waals surface area (Å²) in [6.07, 6.45) is 6.67. The minimum absolute atomic E-state index is 0.211. The third kappa shape index (κ3) is 4.61. The van der Waals surface area contributed by atoms with Gasteiger partial charge in [0.05, 0.1) is 5.69 Å². The second-order valence-electron chi connectivity index (χ2n) is 9.82. The average molecular weight is 452 g/mol. The molecule has 2 heterocycles. The van der Waals surface area contributed by atoms with Crippen LogP contribution in [0.5, 0.6) is 0 Å². The van der Waals surface area contributed by atoms with Gasteiger partial charge in [-0.3, -0.25) is 0 Å². The summed E-state index contributed by atoms with van der Waals surface area (Å²) in [7, 11) is 0. The second kappa shape index (κ2) is 9.06. The number of rotatable bonds is 4. The predicted molar refractivity (Wildman–Crippen MR) is 136 cm³/mol. The van der Waals surface area contributed by atoms with Crippen molar-refractivity contribution in [3.8, 4) is 23.0 Å². The average Bonchev–Trinajstić information content (AvgIpc) is 3.59. The Morgan fingerprint density at radius 2 is 1.88 bits per heavy atom. The molecule has 1 aromatic carbocycles. The highest BCUT2D eigenvalue weighted by Gasteiger charge is 2.44. The molecule has 2 aromatic heterocycles. The van der Waals surface area contributed by atoms with Crippen molar-refractivity contribution >= 4 is 5.82 Å². The van der Waals surface area contributed by atoms with Crippen LogP contribution >= 0.6 is 0 Å². The van der Waals surface area contributed by atoms with Gasteiger partial charge < -0.3 is 5.32 Å². The number of fused-ring (bicyclic) bond motifs is 3. The molecule has 0 amide bonds. The first-order valence-electron chi connectivity index (χ1n) is 12.1. The van der Waals surface area contributed by atoms with E-state index < -0.39 is 0 Å². The minimum Gasteiger partial charge on any atom is -0.368 e. The lowest BCUT2D eigenvalue weighted by Crippen LogP contribution is -2.13. The molecule has 0 saturated heterocycles. The smallest absolute Gasteiger partial charge is 0.158 e. The van der Waals surface area contributed by atoms with Crippen LogP contribution < -0.4 is 5.32 Å². The van der Waals surface area contributed by atoms with E-state index in [1.165, 1.54) is 34.0 Å². The quantitative estimate of drug-likeness (QED) is 0.352. The van der Waals surface area contributed by atoms with E-state index in [4.69, 9.17) is 4.98 Å². The Hall–Kier alpha value is -3.45. The van der Waals surface area contributed by atoms with Gasteiger partial charge in [-0.1, -0.05) is 47.4 Å². The molecule has 34 heavy (non-hydrogen) atoms. The molecule has 0 spiro atoms. The molecule has 172 valence electrons. The molecule has 0 radical (unpaired) electrons. The van der Waals surface area contributed by atoms with Crippen LogP contribution in [0.3, 0.4) is 0 Å². The van der Waals surface area contributed by atoms with Crippen molar-refractivity contribution in [2.24, 2.45) is 5.92 Å². The summed E-state index contributed by atoms with van der Waals surface area (Å²) in [6, 6.07) is 12.0. The number of aryl methyl sites for hydroxylation is 2. The molecule has 2 unspecified atom stereocenters. The first-order valence-corrected chi connectivity index (χ1v) is 12.1. The normalized spacial score (nSPS) is 18.2. The van der Waals surface area contributed by atoms with Crippen LogP contribution in [-0.2, 0) is 6.42 Å². The molecule has 4 heteroatoms. The van der Waals surface area contributed by atoms with Gasteiger partial charge in [0.2, 0.25) is 0 Å². The number of nitrogens with zero attached hydrogens (tertiary/aromatic N) is 2. The molecule has 1 N–H and O–H groups in total. The van der Waals surface area contributed by atoms with Gasteiger partial charge in [0.15, 0.2) is 5.82 Å². The van der Waals surface area contributed by atoms with E-state index >= 15 is 0 Å². The van der Waals surface area contributed by atoms with E-state index in [2.05, 4.69) is 55.1 Å². The van der Waals surface area contributed by atoms with Gasteiger partial charge in [0.1, 0.15) is 11.5 Å². The lowest BCUT2D eigenvalue weighted by molar-refractivity contribution is 0.617. The summed E-state index contributed by atoms with van der Waals surface area (Å²) < 4.78 is 14.7. The van der Waals surface area contributed by atoms with Gasteiger partial charge in [-0.15, -0.1) is 0 Å². The van der Waals surface area contributed by atoms with Crippen molar-refractivity contribution < 1.29 is 4.39 Å². The van der Waals surface area contributed by atoms with E-state index in [0.717, 1.165) is 29.8 Å². The number of hydrogen-bond acceptors (Lipinski definition) is 3. The molecule has 0 aliphatic heterocycles. The Kier molecular flexibility index (Phi) is 5.96. The fourth-order valence-electron chi connectivity index (χ4n) is 4.82. The van der Waals surface area contributed by atoms with Crippen LogP contribution in [0.4, 0.5) is 10.2 Å². The highest BCUT2D eigenvalue weighted by molar-refractivity contribution is 5.63. The van der Waals surface area contributed by atoms with Gasteiger partial charge in [-0.05, 0) is 81.2 Å². The van der Waals surface area contributed by atoms with Crippen molar-refractivity contribution in [1.82, 2.24) is 9.97 Å². The van der Waals surface area contributed by atoms with Crippen molar-refractivity contribution in [2.45, 2.75) is 58.9 Å². The largest absolute Gasteiger partial charge is 0.368 e. The van der Waals surface area contributed by atoms with Crippen molar-refractivity contribution in [3.05, 3.63) is 88.1 Å². The molecular weight excluding hydrogens is 421 g/mol. The predicted octanol–water partition coefficient (Wildman–Crippen LogP) is 6.75. The summed E-state index contributed by atoms with van der Waals surface area (Å²) in [5, 5.41) is 3.45. The Morgan fingerprint density at radius 3 is 2.62 bits per heavy atom. The zero-order chi connectivity index (χ0) is 23.8. The number of benzene rings is 1. The Bertz CT molecular complexity index is 1330. The number of anilines is 1.